The summed E-state index contributed by atoms with van der Waals surface area (Å²) >= 11 is 0. The number of carbonyl (C=O) groups excluding carboxylic acids is 1. The van der Waals surface area contributed by atoms with Gasteiger partial charge in [-0.25, -0.2) is 0 Å². The van der Waals surface area contributed by atoms with Crippen LogP contribution in [0.3, 0.4) is 0 Å². The third kappa shape index (κ3) is 1.68. The molecular formula is C15H17NO. The molecule has 1 aromatic carbocycles. The Kier molecular flexibility index (Phi) is 2.50. The topological polar surface area (TPSA) is 32.9 Å². The third-order valence-electron chi connectivity index (χ3n) is 3.92. The number of aromatic amines is 1. The number of carbonyl (C=O) groups is 1. The van der Waals surface area contributed by atoms with Gasteiger partial charge in [-0.3, -0.25) is 4.79 Å². The van der Waals surface area contributed by atoms with Gasteiger partial charge in [-0.2, -0.15) is 0 Å². The normalized spacial score (nSPS) is 16.8. The smallest absolute Gasteiger partial charge is 0.168 e. The Morgan fingerprint density at radius 2 is 2.06 bits per heavy atom. The molecule has 3 rings (SSSR count). The maximum absolute atomic E-state index is 12.4. The largest absolute Gasteiger partial charge is 0.360 e. The maximum atomic E-state index is 12.4. The van der Waals surface area contributed by atoms with E-state index in [1.165, 1.54) is 18.4 Å². The standard InChI is InChI=1S/C15H17NO/c1-10-5-4-8-12-13(9-16-14(10)12)15(17)11-6-2-3-7-11/h4-5,8-9,11,16H,2-3,6-7H2,1H3. The van der Waals surface area contributed by atoms with Crippen LogP contribution in [-0.4, -0.2) is 10.8 Å². The minimum absolute atomic E-state index is 0.259. The number of hydrogen-bond donors (Lipinski definition) is 1. The molecule has 0 bridgehead atoms. The molecule has 1 aliphatic rings. The molecule has 1 aromatic heterocycles. The first-order chi connectivity index (χ1) is 8.27. The zero-order chi connectivity index (χ0) is 11.8. The highest BCUT2D eigenvalue weighted by atomic mass is 16.1. The second kappa shape index (κ2) is 4.02. The van der Waals surface area contributed by atoms with Gasteiger partial charge < -0.3 is 4.98 Å². The van der Waals surface area contributed by atoms with E-state index in [4.69, 9.17) is 0 Å². The van der Waals surface area contributed by atoms with Crippen LogP contribution in [0.4, 0.5) is 0 Å². The molecule has 0 unspecified atom stereocenters. The molecule has 0 aliphatic heterocycles. The molecule has 0 spiro atoms. The average molecular weight is 227 g/mol. The van der Waals surface area contributed by atoms with Gasteiger partial charge >= 0.3 is 0 Å². The second-order valence-corrected chi connectivity index (χ2v) is 5.05. The first kappa shape index (κ1) is 10.6. The summed E-state index contributed by atoms with van der Waals surface area (Å²) in [5.41, 5.74) is 3.19. The van der Waals surface area contributed by atoms with Gasteiger partial charge in [-0.05, 0) is 25.3 Å². The van der Waals surface area contributed by atoms with Crippen molar-refractivity contribution >= 4 is 16.7 Å². The summed E-state index contributed by atoms with van der Waals surface area (Å²) in [4.78, 5) is 15.7. The van der Waals surface area contributed by atoms with E-state index in [-0.39, 0.29) is 5.92 Å². The van der Waals surface area contributed by atoms with Crippen LogP contribution in [0.25, 0.3) is 10.9 Å². The lowest BCUT2D eigenvalue weighted by Gasteiger charge is -2.06. The van der Waals surface area contributed by atoms with E-state index in [0.717, 1.165) is 29.3 Å². The number of fused-ring (bicyclic) bond motifs is 1. The quantitative estimate of drug-likeness (QED) is 0.777. The highest BCUT2D eigenvalue weighted by Gasteiger charge is 2.25. The Hall–Kier alpha value is -1.57. The van der Waals surface area contributed by atoms with Gasteiger partial charge in [0.1, 0.15) is 0 Å². The summed E-state index contributed by atoms with van der Waals surface area (Å²) in [7, 11) is 0. The van der Waals surface area contributed by atoms with Crippen molar-refractivity contribution in [3.8, 4) is 0 Å². The number of aromatic nitrogens is 1. The molecule has 0 atom stereocenters. The van der Waals surface area contributed by atoms with Crippen molar-refractivity contribution in [2.45, 2.75) is 32.6 Å². The monoisotopic (exact) mass is 227 g/mol. The Labute approximate surface area is 101 Å². The van der Waals surface area contributed by atoms with E-state index in [1.54, 1.807) is 0 Å². The van der Waals surface area contributed by atoms with Crippen molar-refractivity contribution in [1.82, 2.24) is 4.98 Å². The summed E-state index contributed by atoms with van der Waals surface area (Å²) in [5, 5.41) is 1.09. The van der Waals surface area contributed by atoms with Crippen LogP contribution in [0, 0.1) is 12.8 Å². The minimum atomic E-state index is 0.259. The Bertz CT molecular complexity index is 561. The molecular weight excluding hydrogens is 210 g/mol. The lowest BCUT2D eigenvalue weighted by Crippen LogP contribution is -2.10. The fraction of sp³-hybridized carbons (Fsp3) is 0.400. The molecule has 2 nitrogen and oxygen atoms in total. The molecule has 2 aromatic rings. The SMILES string of the molecule is Cc1cccc2c(C(=O)C3CCCC3)c[nH]c12. The van der Waals surface area contributed by atoms with Crippen molar-refractivity contribution < 1.29 is 4.79 Å². The van der Waals surface area contributed by atoms with E-state index in [0.29, 0.717) is 5.78 Å². The van der Waals surface area contributed by atoms with Crippen molar-refractivity contribution in [3.05, 3.63) is 35.5 Å². The van der Waals surface area contributed by atoms with Gasteiger partial charge in [0.25, 0.3) is 0 Å². The Balaban J connectivity index is 2.05. The number of rotatable bonds is 2. The van der Waals surface area contributed by atoms with Gasteiger partial charge in [0.15, 0.2) is 5.78 Å². The van der Waals surface area contributed by atoms with Crippen molar-refractivity contribution in [1.29, 1.82) is 0 Å². The summed E-state index contributed by atoms with van der Waals surface area (Å²) in [5.74, 6) is 0.592. The van der Waals surface area contributed by atoms with Gasteiger partial charge in [-0.1, -0.05) is 31.0 Å². The molecule has 88 valence electrons. The molecule has 1 saturated carbocycles. The summed E-state index contributed by atoms with van der Waals surface area (Å²) in [6.07, 6.45) is 6.43. The minimum Gasteiger partial charge on any atom is -0.360 e. The lowest BCUT2D eigenvalue weighted by molar-refractivity contribution is 0.0924. The lowest BCUT2D eigenvalue weighted by atomic mass is 9.95. The highest BCUT2D eigenvalue weighted by molar-refractivity contribution is 6.09. The Morgan fingerprint density at radius 3 is 2.82 bits per heavy atom. The number of nitrogens with one attached hydrogen (secondary N) is 1. The molecule has 0 amide bonds. The number of para-hydroxylation sites is 1. The number of Topliss-reactive ketones (excluding diaryl/α,β-unsaturated/α-hetero) is 1. The first-order valence-corrected chi connectivity index (χ1v) is 6.38. The fourth-order valence-electron chi connectivity index (χ4n) is 2.92. The number of hydrogen-bond acceptors (Lipinski definition) is 1. The molecule has 0 saturated heterocycles. The van der Waals surface area contributed by atoms with Gasteiger partial charge in [0.05, 0.1) is 0 Å². The van der Waals surface area contributed by atoms with Crippen LogP contribution in [0.15, 0.2) is 24.4 Å². The summed E-state index contributed by atoms with van der Waals surface area (Å²) in [6.45, 7) is 2.07. The van der Waals surface area contributed by atoms with Crippen molar-refractivity contribution in [2.75, 3.05) is 0 Å². The number of benzene rings is 1. The van der Waals surface area contributed by atoms with E-state index in [2.05, 4.69) is 18.0 Å². The summed E-state index contributed by atoms with van der Waals surface area (Å²) < 4.78 is 0. The van der Waals surface area contributed by atoms with Crippen LogP contribution >= 0.6 is 0 Å². The predicted molar refractivity (Wildman–Crippen MR) is 69.3 cm³/mol. The number of H-pyrrole nitrogens is 1. The molecule has 1 aliphatic carbocycles. The van der Waals surface area contributed by atoms with Crippen molar-refractivity contribution in [3.63, 3.8) is 0 Å². The molecule has 17 heavy (non-hydrogen) atoms. The van der Waals surface area contributed by atoms with E-state index in [9.17, 15) is 4.79 Å². The van der Waals surface area contributed by atoms with E-state index < -0.39 is 0 Å². The fourth-order valence-corrected chi connectivity index (χ4v) is 2.92. The number of aryl methyl sites for hydroxylation is 1. The average Bonchev–Trinajstić information content (AvgIpc) is 2.98. The van der Waals surface area contributed by atoms with Gasteiger partial charge in [-0.15, -0.1) is 0 Å². The van der Waals surface area contributed by atoms with Crippen LogP contribution < -0.4 is 0 Å². The zero-order valence-electron chi connectivity index (χ0n) is 10.1. The highest BCUT2D eigenvalue weighted by Crippen LogP contribution is 2.31. The van der Waals surface area contributed by atoms with Gasteiger partial charge in [0, 0.05) is 28.6 Å². The molecule has 1 heterocycles. The van der Waals surface area contributed by atoms with Crippen LogP contribution in [0.5, 0.6) is 0 Å². The zero-order valence-corrected chi connectivity index (χ0v) is 10.1. The maximum Gasteiger partial charge on any atom is 0.168 e. The summed E-state index contributed by atoms with van der Waals surface area (Å²) in [6, 6.07) is 6.14. The molecule has 1 fully saturated rings. The number of ketones is 1. The van der Waals surface area contributed by atoms with Gasteiger partial charge in [0.2, 0.25) is 0 Å². The first-order valence-electron chi connectivity index (χ1n) is 6.38. The molecule has 0 radical (unpaired) electrons. The second-order valence-electron chi connectivity index (χ2n) is 5.05. The predicted octanol–water partition coefficient (Wildman–Crippen LogP) is 3.85. The molecule has 1 N–H and O–H groups in total. The van der Waals surface area contributed by atoms with Crippen molar-refractivity contribution in [2.24, 2.45) is 5.92 Å². The van der Waals surface area contributed by atoms with Crippen LogP contribution in [0.2, 0.25) is 0 Å². The Morgan fingerprint density at radius 1 is 1.29 bits per heavy atom. The van der Waals surface area contributed by atoms with E-state index in [1.807, 2.05) is 18.3 Å². The van der Waals surface area contributed by atoms with Crippen LogP contribution in [-0.2, 0) is 0 Å². The molecule has 2 heteroatoms. The van der Waals surface area contributed by atoms with E-state index >= 15 is 0 Å². The third-order valence-corrected chi connectivity index (χ3v) is 3.92. The van der Waals surface area contributed by atoms with Crippen LogP contribution in [0.1, 0.15) is 41.6 Å².